The second-order valence-electron chi connectivity index (χ2n) is 5.23. The van der Waals surface area contributed by atoms with Gasteiger partial charge in [-0.3, -0.25) is 9.36 Å². The van der Waals surface area contributed by atoms with Gasteiger partial charge in [0.15, 0.2) is 0 Å². The molecule has 0 aliphatic rings. The van der Waals surface area contributed by atoms with Crippen LogP contribution in [0.5, 0.6) is 5.75 Å². The van der Waals surface area contributed by atoms with Gasteiger partial charge in [0.2, 0.25) is 5.43 Å². The average Bonchev–Trinajstić information content (AvgIpc) is 2.62. The van der Waals surface area contributed by atoms with Crippen LogP contribution in [0.3, 0.4) is 0 Å². The van der Waals surface area contributed by atoms with Crippen LogP contribution in [0.25, 0.3) is 10.9 Å². The molecule has 7 heteroatoms. The Labute approximate surface area is 142 Å². The number of amides is 1. The van der Waals surface area contributed by atoms with Crippen molar-refractivity contribution in [2.24, 2.45) is 0 Å². The second kappa shape index (κ2) is 6.48. The molecule has 1 amide bonds. The fourth-order valence-electron chi connectivity index (χ4n) is 2.48. The predicted molar refractivity (Wildman–Crippen MR) is 92.6 cm³/mol. The van der Waals surface area contributed by atoms with Crippen molar-refractivity contribution >= 4 is 28.6 Å². The highest BCUT2D eigenvalue weighted by Crippen LogP contribution is 2.18. The monoisotopic (exact) mass is 338 g/mol. The van der Waals surface area contributed by atoms with Crippen LogP contribution in [0.15, 0.2) is 59.5 Å². The zero-order chi connectivity index (χ0) is 18.0. The number of fused-ring (bicyclic) bond motifs is 1. The summed E-state index contributed by atoms with van der Waals surface area (Å²) in [5.41, 5.74) is -0.310. The summed E-state index contributed by atoms with van der Waals surface area (Å²) in [6, 6.07) is 12.5. The Balaban J connectivity index is 2.10. The number of benzene rings is 2. The zero-order valence-corrected chi connectivity index (χ0v) is 13.2. The van der Waals surface area contributed by atoms with Crippen molar-refractivity contribution in [1.29, 1.82) is 0 Å². The number of nitrogens with zero attached hydrogens (tertiary/aromatic N) is 1. The number of hydrogen-bond acceptors (Lipinski definition) is 4. The van der Waals surface area contributed by atoms with Gasteiger partial charge in [0, 0.05) is 23.3 Å². The smallest absolute Gasteiger partial charge is 0.341 e. The van der Waals surface area contributed by atoms with Crippen molar-refractivity contribution in [3.63, 3.8) is 0 Å². The van der Waals surface area contributed by atoms with E-state index < -0.39 is 23.0 Å². The number of rotatable bonds is 3. The first-order valence-electron chi connectivity index (χ1n) is 7.34. The van der Waals surface area contributed by atoms with Crippen molar-refractivity contribution in [3.05, 3.63) is 70.5 Å². The van der Waals surface area contributed by atoms with E-state index >= 15 is 0 Å². The molecule has 0 saturated heterocycles. The predicted octanol–water partition coefficient (Wildman–Crippen LogP) is 2.79. The van der Waals surface area contributed by atoms with E-state index in [1.165, 1.54) is 13.2 Å². The highest BCUT2D eigenvalue weighted by atomic mass is 16.5. The first-order chi connectivity index (χ1) is 12.0. The lowest BCUT2D eigenvalue weighted by Crippen LogP contribution is -2.25. The number of carboxylic acids is 1. The number of carbonyl (C=O) groups excluding carboxylic acids is 1. The van der Waals surface area contributed by atoms with Crippen LogP contribution in [-0.2, 0) is 0 Å². The van der Waals surface area contributed by atoms with Gasteiger partial charge in [0.25, 0.3) is 0 Å². The van der Waals surface area contributed by atoms with Gasteiger partial charge in [0.05, 0.1) is 12.6 Å². The Bertz CT molecular complexity index is 1040. The summed E-state index contributed by atoms with van der Waals surface area (Å²) in [5, 5.41) is 12.0. The van der Waals surface area contributed by atoms with Crippen LogP contribution >= 0.6 is 0 Å². The third kappa shape index (κ3) is 3.07. The Morgan fingerprint density at radius 2 is 1.88 bits per heavy atom. The quantitative estimate of drug-likeness (QED) is 0.765. The maximum atomic E-state index is 12.6. The van der Waals surface area contributed by atoms with E-state index in [1.54, 1.807) is 42.5 Å². The summed E-state index contributed by atoms with van der Waals surface area (Å²) in [5.74, 6) is -0.826. The molecule has 0 spiro atoms. The second-order valence-corrected chi connectivity index (χ2v) is 5.23. The maximum absolute atomic E-state index is 12.6. The SMILES string of the molecule is COc1cccc(NC(=O)n2cc(C(=O)O)c(=O)c3ccccc32)c1. The van der Waals surface area contributed by atoms with E-state index in [2.05, 4.69) is 5.32 Å². The minimum atomic E-state index is -1.39. The largest absolute Gasteiger partial charge is 0.497 e. The standard InChI is InChI=1S/C18H14N2O5/c1-25-12-6-4-5-11(9-12)19-18(24)20-10-14(17(22)23)16(21)13-7-2-3-8-15(13)20/h2-10H,1H3,(H,19,24)(H,22,23). The van der Waals surface area contributed by atoms with Crippen molar-refractivity contribution in [1.82, 2.24) is 4.57 Å². The number of pyridine rings is 1. The Hall–Kier alpha value is -3.61. The molecular formula is C18H14N2O5. The normalized spacial score (nSPS) is 10.4. The number of carboxylic acid groups (broad SMARTS) is 1. The van der Waals surface area contributed by atoms with E-state index in [-0.39, 0.29) is 5.39 Å². The van der Waals surface area contributed by atoms with Crippen LogP contribution in [0.1, 0.15) is 10.4 Å². The summed E-state index contributed by atoms with van der Waals surface area (Å²) in [6.07, 6.45) is 1.03. The molecule has 7 nitrogen and oxygen atoms in total. The van der Waals surface area contributed by atoms with Crippen LogP contribution in [0, 0.1) is 0 Å². The van der Waals surface area contributed by atoms with Gasteiger partial charge in [-0.2, -0.15) is 0 Å². The first-order valence-corrected chi connectivity index (χ1v) is 7.34. The summed E-state index contributed by atoms with van der Waals surface area (Å²) in [7, 11) is 1.51. The number of methoxy groups -OCH3 is 1. The van der Waals surface area contributed by atoms with Gasteiger partial charge in [0.1, 0.15) is 11.3 Å². The molecule has 2 N–H and O–H groups in total. The third-order valence-corrected chi connectivity index (χ3v) is 3.68. The zero-order valence-electron chi connectivity index (χ0n) is 13.2. The van der Waals surface area contributed by atoms with E-state index in [0.717, 1.165) is 10.8 Å². The molecule has 0 atom stereocenters. The third-order valence-electron chi connectivity index (χ3n) is 3.68. The molecule has 2 aromatic carbocycles. The van der Waals surface area contributed by atoms with Crippen LogP contribution in [-0.4, -0.2) is 28.8 Å². The lowest BCUT2D eigenvalue weighted by Gasteiger charge is -2.12. The van der Waals surface area contributed by atoms with E-state index in [0.29, 0.717) is 17.0 Å². The fraction of sp³-hybridized carbons (Fsp3) is 0.0556. The van der Waals surface area contributed by atoms with Crippen molar-refractivity contribution < 1.29 is 19.4 Å². The first kappa shape index (κ1) is 16.3. The summed E-state index contributed by atoms with van der Waals surface area (Å²) >= 11 is 0. The lowest BCUT2D eigenvalue weighted by atomic mass is 10.1. The van der Waals surface area contributed by atoms with Gasteiger partial charge in [-0.15, -0.1) is 0 Å². The number of ether oxygens (including phenoxy) is 1. The summed E-state index contributed by atoms with van der Waals surface area (Å²) in [6.45, 7) is 0. The Kier molecular flexibility index (Phi) is 4.21. The average molecular weight is 338 g/mol. The van der Waals surface area contributed by atoms with Crippen LogP contribution in [0.4, 0.5) is 10.5 Å². The van der Waals surface area contributed by atoms with Crippen molar-refractivity contribution in [2.45, 2.75) is 0 Å². The molecule has 0 bridgehead atoms. The summed E-state index contributed by atoms with van der Waals surface area (Å²) < 4.78 is 6.21. The molecule has 1 heterocycles. The number of nitrogens with one attached hydrogen (secondary N) is 1. The lowest BCUT2D eigenvalue weighted by molar-refractivity contribution is 0.0695. The van der Waals surface area contributed by atoms with Crippen molar-refractivity contribution in [3.8, 4) is 5.75 Å². The molecule has 126 valence electrons. The van der Waals surface area contributed by atoms with Crippen LogP contribution in [0.2, 0.25) is 0 Å². The van der Waals surface area contributed by atoms with Gasteiger partial charge < -0.3 is 15.2 Å². The minimum absolute atomic E-state index is 0.156. The molecule has 0 aliphatic heterocycles. The molecule has 3 rings (SSSR count). The molecule has 0 saturated carbocycles. The number of anilines is 1. The van der Waals surface area contributed by atoms with Crippen LogP contribution < -0.4 is 15.5 Å². The number of aromatic carboxylic acids is 1. The van der Waals surface area contributed by atoms with E-state index in [1.807, 2.05) is 0 Å². The highest BCUT2D eigenvalue weighted by Gasteiger charge is 2.17. The number of aromatic nitrogens is 1. The molecule has 25 heavy (non-hydrogen) atoms. The van der Waals surface area contributed by atoms with Gasteiger partial charge in [-0.1, -0.05) is 18.2 Å². The highest BCUT2D eigenvalue weighted by molar-refractivity contribution is 6.00. The number of para-hydroxylation sites is 1. The fourth-order valence-corrected chi connectivity index (χ4v) is 2.48. The molecule has 3 aromatic rings. The molecule has 1 aromatic heterocycles. The molecular weight excluding hydrogens is 324 g/mol. The van der Waals surface area contributed by atoms with E-state index in [9.17, 15) is 19.5 Å². The van der Waals surface area contributed by atoms with Gasteiger partial charge in [-0.25, -0.2) is 9.59 Å². The number of hydrogen-bond donors (Lipinski definition) is 2. The Morgan fingerprint density at radius 3 is 2.60 bits per heavy atom. The molecule has 0 aliphatic carbocycles. The minimum Gasteiger partial charge on any atom is -0.497 e. The van der Waals surface area contributed by atoms with Gasteiger partial charge in [-0.05, 0) is 24.3 Å². The Morgan fingerprint density at radius 1 is 1.12 bits per heavy atom. The molecule has 0 unspecified atom stereocenters. The number of carbonyl (C=O) groups is 2. The van der Waals surface area contributed by atoms with Crippen molar-refractivity contribution in [2.75, 3.05) is 12.4 Å². The summed E-state index contributed by atoms with van der Waals surface area (Å²) in [4.78, 5) is 36.2. The molecule has 0 radical (unpaired) electrons. The topological polar surface area (TPSA) is 97.6 Å². The van der Waals surface area contributed by atoms with E-state index in [4.69, 9.17) is 4.74 Å². The maximum Gasteiger partial charge on any atom is 0.341 e. The molecule has 0 fully saturated rings. The van der Waals surface area contributed by atoms with Gasteiger partial charge >= 0.3 is 12.0 Å².